The highest BCUT2D eigenvalue weighted by molar-refractivity contribution is 5.97. The average Bonchev–Trinajstić information content (AvgIpc) is 3.18. The molecule has 0 unspecified atom stereocenters. The van der Waals surface area contributed by atoms with Crippen LogP contribution in [0.2, 0.25) is 0 Å². The largest absolute Gasteiger partial charge is 0.419 e. The summed E-state index contributed by atoms with van der Waals surface area (Å²) >= 11 is 0. The van der Waals surface area contributed by atoms with E-state index in [2.05, 4.69) is 15.1 Å². The maximum Gasteiger partial charge on any atom is 0.247 e. The third-order valence-electron chi connectivity index (χ3n) is 4.86. The van der Waals surface area contributed by atoms with Crippen LogP contribution in [0.15, 0.2) is 65.1 Å². The minimum atomic E-state index is 0.108. The van der Waals surface area contributed by atoms with Gasteiger partial charge in [0.25, 0.3) is 0 Å². The molecule has 5 heteroatoms. The monoisotopic (exact) mass is 347 g/mol. The molecule has 3 aromatic rings. The molecule has 4 rings (SSSR count). The number of rotatable bonds is 5. The molecule has 5 nitrogen and oxygen atoms in total. The predicted octanol–water partition coefficient (Wildman–Crippen LogP) is 3.83. The van der Waals surface area contributed by atoms with Crippen molar-refractivity contribution < 1.29 is 9.21 Å². The Hall–Kier alpha value is -2.79. The molecule has 1 saturated heterocycles. The Labute approximate surface area is 152 Å². The summed E-state index contributed by atoms with van der Waals surface area (Å²) in [5.74, 6) is 1.54. The van der Waals surface area contributed by atoms with Crippen LogP contribution in [0.3, 0.4) is 0 Å². The lowest BCUT2D eigenvalue weighted by Gasteiger charge is -2.30. The van der Waals surface area contributed by atoms with Crippen molar-refractivity contribution in [2.24, 2.45) is 5.92 Å². The summed E-state index contributed by atoms with van der Waals surface area (Å²) in [7, 11) is 0. The zero-order valence-corrected chi connectivity index (χ0v) is 14.5. The number of benzene rings is 2. The van der Waals surface area contributed by atoms with Crippen LogP contribution < -0.4 is 0 Å². The normalized spacial score (nSPS) is 15.8. The molecule has 0 bridgehead atoms. The van der Waals surface area contributed by atoms with E-state index in [4.69, 9.17) is 4.42 Å². The van der Waals surface area contributed by atoms with E-state index >= 15 is 0 Å². The third kappa shape index (κ3) is 3.73. The summed E-state index contributed by atoms with van der Waals surface area (Å²) in [6.45, 7) is 2.37. The van der Waals surface area contributed by atoms with Gasteiger partial charge in [0.1, 0.15) is 0 Å². The number of carbonyl (C=O) groups is 1. The number of nitrogens with zero attached hydrogens (tertiary/aromatic N) is 3. The van der Waals surface area contributed by atoms with Crippen LogP contribution >= 0.6 is 0 Å². The van der Waals surface area contributed by atoms with Crippen molar-refractivity contribution in [2.75, 3.05) is 13.1 Å². The van der Waals surface area contributed by atoms with Crippen LogP contribution in [0.5, 0.6) is 0 Å². The second-order valence-corrected chi connectivity index (χ2v) is 6.65. The minimum absolute atomic E-state index is 0.108. The number of piperidine rings is 1. The molecule has 1 fully saturated rings. The van der Waals surface area contributed by atoms with E-state index in [-0.39, 0.29) is 11.7 Å². The Bertz CT molecular complexity index is 853. The van der Waals surface area contributed by atoms with Gasteiger partial charge < -0.3 is 4.42 Å². The number of aromatic nitrogens is 2. The lowest BCUT2D eigenvalue weighted by atomic mass is 9.89. The van der Waals surface area contributed by atoms with Gasteiger partial charge in [0, 0.05) is 17.0 Å². The summed E-state index contributed by atoms with van der Waals surface area (Å²) in [6, 6.07) is 19.4. The summed E-state index contributed by atoms with van der Waals surface area (Å²) in [5, 5.41) is 8.30. The Balaban J connectivity index is 1.33. The van der Waals surface area contributed by atoms with Crippen molar-refractivity contribution in [2.45, 2.75) is 19.4 Å². The molecule has 0 spiro atoms. The number of likely N-dealkylation sites (tertiary alicyclic amines) is 1. The number of ketones is 1. The van der Waals surface area contributed by atoms with Crippen molar-refractivity contribution in [3.8, 4) is 11.5 Å². The Morgan fingerprint density at radius 3 is 2.31 bits per heavy atom. The van der Waals surface area contributed by atoms with Gasteiger partial charge in [-0.15, -0.1) is 10.2 Å². The molecule has 0 aliphatic carbocycles. The molecule has 0 N–H and O–H groups in total. The summed E-state index contributed by atoms with van der Waals surface area (Å²) in [6.07, 6.45) is 1.74. The van der Waals surface area contributed by atoms with Gasteiger partial charge in [-0.05, 0) is 38.1 Å². The number of hydrogen-bond acceptors (Lipinski definition) is 5. The van der Waals surface area contributed by atoms with E-state index in [1.54, 1.807) is 0 Å². The first-order valence-electron chi connectivity index (χ1n) is 8.99. The first kappa shape index (κ1) is 16.7. The molecule has 0 radical (unpaired) electrons. The van der Waals surface area contributed by atoms with Crippen LogP contribution in [-0.4, -0.2) is 34.0 Å². The van der Waals surface area contributed by atoms with Gasteiger partial charge in [0.2, 0.25) is 11.8 Å². The van der Waals surface area contributed by atoms with E-state index in [1.165, 1.54) is 0 Å². The van der Waals surface area contributed by atoms with E-state index in [0.29, 0.717) is 18.3 Å². The smallest absolute Gasteiger partial charge is 0.247 e. The molecular weight excluding hydrogens is 326 g/mol. The molecule has 1 aliphatic heterocycles. The second-order valence-electron chi connectivity index (χ2n) is 6.65. The summed E-state index contributed by atoms with van der Waals surface area (Å²) < 4.78 is 5.79. The van der Waals surface area contributed by atoms with E-state index in [0.717, 1.165) is 37.1 Å². The highest BCUT2D eigenvalue weighted by Gasteiger charge is 2.26. The molecule has 26 heavy (non-hydrogen) atoms. The molecule has 0 atom stereocenters. The number of hydrogen-bond donors (Lipinski definition) is 0. The fourth-order valence-corrected chi connectivity index (χ4v) is 3.40. The lowest BCUT2D eigenvalue weighted by molar-refractivity contribution is 0.0828. The Morgan fingerprint density at radius 2 is 1.62 bits per heavy atom. The zero-order valence-electron chi connectivity index (χ0n) is 14.5. The highest BCUT2D eigenvalue weighted by atomic mass is 16.4. The van der Waals surface area contributed by atoms with Gasteiger partial charge in [-0.25, -0.2) is 0 Å². The van der Waals surface area contributed by atoms with Crippen LogP contribution in [-0.2, 0) is 6.54 Å². The quantitative estimate of drug-likeness (QED) is 0.657. The van der Waals surface area contributed by atoms with Crippen molar-refractivity contribution in [3.05, 3.63) is 72.1 Å². The van der Waals surface area contributed by atoms with Crippen molar-refractivity contribution in [1.82, 2.24) is 15.1 Å². The maximum absolute atomic E-state index is 12.6. The Kier molecular flexibility index (Phi) is 4.88. The molecule has 132 valence electrons. The van der Waals surface area contributed by atoms with Crippen molar-refractivity contribution >= 4 is 5.78 Å². The van der Waals surface area contributed by atoms with E-state index < -0.39 is 0 Å². The van der Waals surface area contributed by atoms with Gasteiger partial charge in [-0.1, -0.05) is 48.5 Å². The number of Topliss-reactive ketones (excluding diaryl/α,β-unsaturated/α-hetero) is 1. The molecule has 0 saturated carbocycles. The Morgan fingerprint density at radius 1 is 0.962 bits per heavy atom. The van der Waals surface area contributed by atoms with Crippen LogP contribution in [0.1, 0.15) is 29.1 Å². The fraction of sp³-hybridized carbons (Fsp3) is 0.286. The third-order valence-corrected chi connectivity index (χ3v) is 4.86. The first-order chi connectivity index (χ1) is 12.8. The van der Waals surface area contributed by atoms with Crippen molar-refractivity contribution in [1.29, 1.82) is 0 Å². The lowest BCUT2D eigenvalue weighted by Crippen LogP contribution is -2.36. The van der Waals surface area contributed by atoms with Crippen LogP contribution in [0.4, 0.5) is 0 Å². The molecule has 1 aromatic heterocycles. The predicted molar refractivity (Wildman–Crippen MR) is 98.5 cm³/mol. The molecular formula is C21H21N3O2. The van der Waals surface area contributed by atoms with Gasteiger partial charge in [0.05, 0.1) is 6.54 Å². The first-order valence-corrected chi connectivity index (χ1v) is 8.99. The maximum atomic E-state index is 12.6. The van der Waals surface area contributed by atoms with Crippen LogP contribution in [0, 0.1) is 5.92 Å². The van der Waals surface area contributed by atoms with Gasteiger partial charge in [-0.2, -0.15) is 0 Å². The van der Waals surface area contributed by atoms with Gasteiger partial charge >= 0.3 is 0 Å². The van der Waals surface area contributed by atoms with E-state index in [9.17, 15) is 4.79 Å². The summed E-state index contributed by atoms with van der Waals surface area (Å²) in [5.41, 5.74) is 1.74. The van der Waals surface area contributed by atoms with Gasteiger partial charge in [-0.3, -0.25) is 9.69 Å². The molecule has 1 aliphatic rings. The van der Waals surface area contributed by atoms with E-state index in [1.807, 2.05) is 60.7 Å². The highest BCUT2D eigenvalue weighted by Crippen LogP contribution is 2.23. The van der Waals surface area contributed by atoms with Crippen molar-refractivity contribution in [3.63, 3.8) is 0 Å². The molecule has 2 aromatic carbocycles. The van der Waals surface area contributed by atoms with Crippen LogP contribution in [0.25, 0.3) is 11.5 Å². The number of carbonyl (C=O) groups excluding carboxylic acids is 1. The fourth-order valence-electron chi connectivity index (χ4n) is 3.40. The standard InChI is InChI=1S/C21H21N3O2/c25-20(16-7-3-1-4-8-16)17-11-13-24(14-12-17)15-19-22-23-21(26-19)18-9-5-2-6-10-18/h1-10,17H,11-15H2. The SMILES string of the molecule is O=C(c1ccccc1)C1CCN(Cc2nnc(-c3ccccc3)o2)CC1. The topological polar surface area (TPSA) is 59.2 Å². The van der Waals surface area contributed by atoms with Gasteiger partial charge in [0.15, 0.2) is 5.78 Å². The second kappa shape index (κ2) is 7.62. The summed E-state index contributed by atoms with van der Waals surface area (Å²) in [4.78, 5) is 14.8. The zero-order chi connectivity index (χ0) is 17.8. The average molecular weight is 347 g/mol. The molecule has 2 heterocycles. The minimum Gasteiger partial charge on any atom is -0.419 e. The molecule has 0 amide bonds.